The van der Waals surface area contributed by atoms with Crippen LogP contribution < -0.4 is 0 Å². The van der Waals surface area contributed by atoms with Crippen LogP contribution in [0.1, 0.15) is 36.5 Å². The number of rotatable bonds is 3. The molecular weight excluding hydrogens is 210 g/mol. The Morgan fingerprint density at radius 1 is 1.24 bits per heavy atom. The lowest BCUT2D eigenvalue weighted by Crippen LogP contribution is -2.35. The summed E-state index contributed by atoms with van der Waals surface area (Å²) in [5.74, 6) is 0.610. The zero-order valence-corrected chi connectivity index (χ0v) is 11.2. The molecule has 1 aliphatic heterocycles. The van der Waals surface area contributed by atoms with Crippen LogP contribution in [0, 0.1) is 6.92 Å². The molecule has 1 saturated heterocycles. The van der Waals surface area contributed by atoms with Crippen LogP contribution in [0.25, 0.3) is 0 Å². The summed E-state index contributed by atoms with van der Waals surface area (Å²) in [5, 5.41) is 0. The highest BCUT2D eigenvalue weighted by Crippen LogP contribution is 2.20. The standard InChI is InChI=1S/C15H23NO/c1-12(2)14-5-4-13(3)15(10-14)11-16-6-8-17-9-7-16/h4-5,10,12H,6-9,11H2,1-3H3. The highest BCUT2D eigenvalue weighted by atomic mass is 16.5. The van der Waals surface area contributed by atoms with Crippen LogP contribution in [-0.2, 0) is 11.3 Å². The Morgan fingerprint density at radius 3 is 2.59 bits per heavy atom. The molecule has 1 aromatic carbocycles. The summed E-state index contributed by atoms with van der Waals surface area (Å²) >= 11 is 0. The highest BCUT2D eigenvalue weighted by Gasteiger charge is 2.12. The van der Waals surface area contributed by atoms with E-state index in [0.717, 1.165) is 32.8 Å². The molecule has 2 heteroatoms. The summed E-state index contributed by atoms with van der Waals surface area (Å²) in [6.45, 7) is 11.7. The Bertz CT molecular complexity index is 367. The van der Waals surface area contributed by atoms with Crippen LogP contribution in [0.5, 0.6) is 0 Å². The summed E-state index contributed by atoms with van der Waals surface area (Å²) in [5.41, 5.74) is 4.32. The van der Waals surface area contributed by atoms with Gasteiger partial charge >= 0.3 is 0 Å². The molecule has 0 N–H and O–H groups in total. The van der Waals surface area contributed by atoms with Gasteiger partial charge in [0, 0.05) is 19.6 Å². The second-order valence-electron chi connectivity index (χ2n) is 5.23. The van der Waals surface area contributed by atoms with Gasteiger partial charge in [0.05, 0.1) is 13.2 Å². The van der Waals surface area contributed by atoms with Gasteiger partial charge in [-0.25, -0.2) is 0 Å². The minimum Gasteiger partial charge on any atom is -0.379 e. The summed E-state index contributed by atoms with van der Waals surface area (Å²) in [4.78, 5) is 2.48. The van der Waals surface area contributed by atoms with Crippen molar-refractivity contribution in [1.82, 2.24) is 4.90 Å². The van der Waals surface area contributed by atoms with Crippen molar-refractivity contribution in [1.29, 1.82) is 0 Å². The minimum absolute atomic E-state index is 0.610. The number of nitrogens with zero attached hydrogens (tertiary/aromatic N) is 1. The molecule has 0 radical (unpaired) electrons. The first-order chi connectivity index (χ1) is 8.16. The van der Waals surface area contributed by atoms with E-state index in [-0.39, 0.29) is 0 Å². The average molecular weight is 233 g/mol. The van der Waals surface area contributed by atoms with E-state index in [1.54, 1.807) is 0 Å². The lowest BCUT2D eigenvalue weighted by Gasteiger charge is -2.27. The molecule has 0 spiro atoms. The lowest BCUT2D eigenvalue weighted by molar-refractivity contribution is 0.0341. The van der Waals surface area contributed by atoms with Crippen molar-refractivity contribution in [2.45, 2.75) is 33.2 Å². The first-order valence-corrected chi connectivity index (χ1v) is 6.56. The third-order valence-corrected chi connectivity index (χ3v) is 3.54. The number of morpholine rings is 1. The van der Waals surface area contributed by atoms with Gasteiger partial charge in [-0.15, -0.1) is 0 Å². The molecule has 1 aromatic rings. The van der Waals surface area contributed by atoms with Gasteiger partial charge in [0.2, 0.25) is 0 Å². The number of benzene rings is 1. The van der Waals surface area contributed by atoms with E-state index < -0.39 is 0 Å². The molecule has 1 fully saturated rings. The zero-order chi connectivity index (χ0) is 12.3. The lowest BCUT2D eigenvalue weighted by atomic mass is 9.97. The van der Waals surface area contributed by atoms with Crippen molar-refractivity contribution in [3.63, 3.8) is 0 Å². The predicted molar refractivity (Wildman–Crippen MR) is 71.4 cm³/mol. The fraction of sp³-hybridized carbons (Fsp3) is 0.600. The van der Waals surface area contributed by atoms with E-state index in [2.05, 4.69) is 43.9 Å². The van der Waals surface area contributed by atoms with Gasteiger partial charge < -0.3 is 4.74 Å². The maximum Gasteiger partial charge on any atom is 0.0594 e. The maximum atomic E-state index is 5.39. The Balaban J connectivity index is 2.10. The van der Waals surface area contributed by atoms with E-state index in [4.69, 9.17) is 4.74 Å². The van der Waals surface area contributed by atoms with Crippen LogP contribution in [-0.4, -0.2) is 31.2 Å². The van der Waals surface area contributed by atoms with Crippen molar-refractivity contribution in [2.75, 3.05) is 26.3 Å². The first-order valence-electron chi connectivity index (χ1n) is 6.56. The van der Waals surface area contributed by atoms with E-state index in [1.807, 2.05) is 0 Å². The molecule has 0 amide bonds. The third kappa shape index (κ3) is 3.30. The van der Waals surface area contributed by atoms with E-state index in [9.17, 15) is 0 Å². The fourth-order valence-electron chi connectivity index (χ4n) is 2.22. The third-order valence-electron chi connectivity index (χ3n) is 3.54. The molecule has 2 rings (SSSR count). The zero-order valence-electron chi connectivity index (χ0n) is 11.2. The summed E-state index contributed by atoms with van der Waals surface area (Å²) < 4.78 is 5.39. The monoisotopic (exact) mass is 233 g/mol. The van der Waals surface area contributed by atoms with Gasteiger partial charge in [0.1, 0.15) is 0 Å². The first kappa shape index (κ1) is 12.6. The SMILES string of the molecule is Cc1ccc(C(C)C)cc1CN1CCOCC1. The van der Waals surface area contributed by atoms with Crippen LogP contribution in [0.4, 0.5) is 0 Å². The molecule has 0 aromatic heterocycles. The normalized spacial score (nSPS) is 17.6. The number of ether oxygens (including phenoxy) is 1. The van der Waals surface area contributed by atoms with E-state index in [0.29, 0.717) is 5.92 Å². The van der Waals surface area contributed by atoms with Gasteiger partial charge in [-0.2, -0.15) is 0 Å². The molecule has 0 bridgehead atoms. The highest BCUT2D eigenvalue weighted by molar-refractivity contribution is 5.32. The molecule has 0 atom stereocenters. The number of hydrogen-bond acceptors (Lipinski definition) is 2. The molecule has 2 nitrogen and oxygen atoms in total. The largest absolute Gasteiger partial charge is 0.379 e. The van der Waals surface area contributed by atoms with Gasteiger partial charge in [0.15, 0.2) is 0 Å². The molecule has 17 heavy (non-hydrogen) atoms. The van der Waals surface area contributed by atoms with Crippen molar-refractivity contribution in [2.24, 2.45) is 0 Å². The van der Waals surface area contributed by atoms with Crippen LogP contribution >= 0.6 is 0 Å². The predicted octanol–water partition coefficient (Wildman–Crippen LogP) is 2.95. The molecule has 1 heterocycles. The Kier molecular flexibility index (Phi) is 4.19. The fourth-order valence-corrected chi connectivity index (χ4v) is 2.22. The molecule has 1 aliphatic rings. The Labute approximate surface area is 105 Å². The van der Waals surface area contributed by atoms with Gasteiger partial charge in [-0.1, -0.05) is 32.0 Å². The van der Waals surface area contributed by atoms with Crippen LogP contribution in [0.2, 0.25) is 0 Å². The van der Waals surface area contributed by atoms with Gasteiger partial charge in [-0.05, 0) is 29.5 Å². The molecule has 0 aliphatic carbocycles. The van der Waals surface area contributed by atoms with Crippen molar-refractivity contribution in [3.8, 4) is 0 Å². The minimum atomic E-state index is 0.610. The van der Waals surface area contributed by atoms with Crippen molar-refractivity contribution < 1.29 is 4.74 Å². The molecule has 0 saturated carbocycles. The molecular formula is C15H23NO. The topological polar surface area (TPSA) is 12.5 Å². The van der Waals surface area contributed by atoms with Crippen LogP contribution in [0.15, 0.2) is 18.2 Å². The second-order valence-corrected chi connectivity index (χ2v) is 5.23. The quantitative estimate of drug-likeness (QED) is 0.796. The van der Waals surface area contributed by atoms with Gasteiger partial charge in [0.25, 0.3) is 0 Å². The smallest absolute Gasteiger partial charge is 0.0594 e. The van der Waals surface area contributed by atoms with Crippen LogP contribution in [0.3, 0.4) is 0 Å². The van der Waals surface area contributed by atoms with E-state index >= 15 is 0 Å². The maximum absolute atomic E-state index is 5.39. The Hall–Kier alpha value is -0.860. The average Bonchev–Trinajstić information content (AvgIpc) is 2.33. The van der Waals surface area contributed by atoms with Crippen molar-refractivity contribution in [3.05, 3.63) is 34.9 Å². The Morgan fingerprint density at radius 2 is 1.94 bits per heavy atom. The second kappa shape index (κ2) is 5.65. The summed E-state index contributed by atoms with van der Waals surface area (Å²) in [7, 11) is 0. The summed E-state index contributed by atoms with van der Waals surface area (Å²) in [6, 6.07) is 6.88. The number of aryl methyl sites for hydroxylation is 1. The molecule has 94 valence electrons. The number of hydrogen-bond donors (Lipinski definition) is 0. The molecule has 0 unspecified atom stereocenters. The van der Waals surface area contributed by atoms with Gasteiger partial charge in [-0.3, -0.25) is 4.90 Å². The summed E-state index contributed by atoms with van der Waals surface area (Å²) in [6.07, 6.45) is 0. The van der Waals surface area contributed by atoms with E-state index in [1.165, 1.54) is 16.7 Å². The van der Waals surface area contributed by atoms with Crippen molar-refractivity contribution >= 4 is 0 Å².